The zero-order valence-corrected chi connectivity index (χ0v) is 9.26. The molecule has 1 unspecified atom stereocenters. The normalized spacial score (nSPS) is 13.9. The maximum Gasteiger partial charge on any atom is 0.422 e. The molecule has 0 heterocycles. The standard InChI is InChI=1S/C9H16F3NO2/c1-6(2)7(3)13(4)8(14)15-5-9(10,11)12/h6-7H,5H2,1-4H3. The maximum atomic E-state index is 11.7. The third-order valence-electron chi connectivity index (χ3n) is 2.22. The Morgan fingerprint density at radius 1 is 1.33 bits per heavy atom. The summed E-state index contributed by atoms with van der Waals surface area (Å²) in [6, 6.07) is -0.161. The van der Waals surface area contributed by atoms with E-state index in [2.05, 4.69) is 4.74 Å². The van der Waals surface area contributed by atoms with E-state index in [4.69, 9.17) is 0 Å². The van der Waals surface area contributed by atoms with Crippen molar-refractivity contribution in [1.29, 1.82) is 0 Å². The van der Waals surface area contributed by atoms with Gasteiger partial charge in [-0.05, 0) is 12.8 Å². The van der Waals surface area contributed by atoms with E-state index in [9.17, 15) is 18.0 Å². The fourth-order valence-corrected chi connectivity index (χ4v) is 0.859. The molecule has 0 fully saturated rings. The molecular formula is C9H16F3NO2. The fraction of sp³-hybridized carbons (Fsp3) is 0.889. The van der Waals surface area contributed by atoms with Crippen LogP contribution in [0.2, 0.25) is 0 Å². The van der Waals surface area contributed by atoms with Crippen molar-refractivity contribution >= 4 is 6.09 Å². The van der Waals surface area contributed by atoms with Gasteiger partial charge in [0.2, 0.25) is 0 Å². The Hall–Kier alpha value is -0.940. The van der Waals surface area contributed by atoms with Crippen LogP contribution in [0.15, 0.2) is 0 Å². The molecule has 6 heteroatoms. The molecule has 0 aliphatic carbocycles. The van der Waals surface area contributed by atoms with Gasteiger partial charge in [0, 0.05) is 13.1 Å². The molecule has 0 spiro atoms. The second-order valence-electron chi connectivity index (χ2n) is 3.77. The third-order valence-corrected chi connectivity index (χ3v) is 2.22. The molecule has 0 saturated carbocycles. The molecule has 0 rings (SSSR count). The number of amides is 1. The number of hydrogen-bond donors (Lipinski definition) is 0. The molecule has 0 aliphatic rings. The largest absolute Gasteiger partial charge is 0.440 e. The summed E-state index contributed by atoms with van der Waals surface area (Å²) in [4.78, 5) is 12.3. The molecule has 0 aromatic rings. The van der Waals surface area contributed by atoms with E-state index in [1.165, 1.54) is 7.05 Å². The van der Waals surface area contributed by atoms with Gasteiger partial charge < -0.3 is 9.64 Å². The van der Waals surface area contributed by atoms with Crippen LogP contribution in [-0.2, 0) is 4.74 Å². The van der Waals surface area contributed by atoms with Gasteiger partial charge >= 0.3 is 12.3 Å². The Balaban J connectivity index is 4.11. The SMILES string of the molecule is CC(C)C(C)N(C)C(=O)OCC(F)(F)F. The minimum atomic E-state index is -4.47. The first kappa shape index (κ1) is 14.1. The monoisotopic (exact) mass is 227 g/mol. The van der Waals surface area contributed by atoms with Gasteiger partial charge in [-0.1, -0.05) is 13.8 Å². The van der Waals surface area contributed by atoms with Crippen LogP contribution < -0.4 is 0 Å². The molecular weight excluding hydrogens is 211 g/mol. The van der Waals surface area contributed by atoms with Gasteiger partial charge in [0.05, 0.1) is 0 Å². The van der Waals surface area contributed by atoms with Crippen molar-refractivity contribution in [3.05, 3.63) is 0 Å². The molecule has 3 nitrogen and oxygen atoms in total. The number of rotatable bonds is 3. The smallest absolute Gasteiger partial charge is 0.422 e. The minimum absolute atomic E-state index is 0.161. The summed E-state index contributed by atoms with van der Waals surface area (Å²) in [5.74, 6) is 0.161. The van der Waals surface area contributed by atoms with Gasteiger partial charge in [-0.15, -0.1) is 0 Å². The second kappa shape index (κ2) is 5.23. The average molecular weight is 227 g/mol. The van der Waals surface area contributed by atoms with Crippen LogP contribution >= 0.6 is 0 Å². The lowest BCUT2D eigenvalue weighted by molar-refractivity contribution is -0.162. The number of carbonyl (C=O) groups is 1. The van der Waals surface area contributed by atoms with Crippen molar-refractivity contribution in [2.24, 2.45) is 5.92 Å². The predicted molar refractivity (Wildman–Crippen MR) is 49.5 cm³/mol. The highest BCUT2D eigenvalue weighted by molar-refractivity contribution is 5.67. The Labute approximate surface area is 87.2 Å². The van der Waals surface area contributed by atoms with Crippen LogP contribution in [0.25, 0.3) is 0 Å². The average Bonchev–Trinajstić information content (AvgIpc) is 2.10. The number of hydrogen-bond acceptors (Lipinski definition) is 2. The fourth-order valence-electron chi connectivity index (χ4n) is 0.859. The van der Waals surface area contributed by atoms with E-state index in [0.29, 0.717) is 0 Å². The maximum absolute atomic E-state index is 11.7. The van der Waals surface area contributed by atoms with Crippen molar-refractivity contribution in [2.75, 3.05) is 13.7 Å². The number of halogens is 3. The highest BCUT2D eigenvalue weighted by Crippen LogP contribution is 2.16. The molecule has 0 aromatic carbocycles. The second-order valence-corrected chi connectivity index (χ2v) is 3.77. The van der Waals surface area contributed by atoms with Gasteiger partial charge in [-0.25, -0.2) is 4.79 Å². The van der Waals surface area contributed by atoms with Crippen molar-refractivity contribution in [1.82, 2.24) is 4.90 Å². The van der Waals surface area contributed by atoms with Gasteiger partial charge in [0.15, 0.2) is 6.61 Å². The molecule has 0 bridgehead atoms. The molecule has 0 aromatic heterocycles. The lowest BCUT2D eigenvalue weighted by Crippen LogP contribution is -2.39. The van der Waals surface area contributed by atoms with Gasteiger partial charge in [-0.2, -0.15) is 13.2 Å². The molecule has 0 radical (unpaired) electrons. The molecule has 0 saturated heterocycles. The molecule has 15 heavy (non-hydrogen) atoms. The molecule has 0 aliphatic heterocycles. The summed E-state index contributed by atoms with van der Waals surface area (Å²) < 4.78 is 39.3. The number of alkyl halides is 3. The minimum Gasteiger partial charge on any atom is -0.440 e. The first-order valence-electron chi connectivity index (χ1n) is 4.61. The van der Waals surface area contributed by atoms with Crippen LogP contribution in [-0.4, -0.2) is 36.9 Å². The quantitative estimate of drug-likeness (QED) is 0.741. The Kier molecular flexibility index (Phi) is 4.90. The van der Waals surface area contributed by atoms with E-state index in [1.54, 1.807) is 6.92 Å². The van der Waals surface area contributed by atoms with Gasteiger partial charge in [-0.3, -0.25) is 0 Å². The summed E-state index contributed by atoms with van der Waals surface area (Å²) in [6.07, 6.45) is -5.43. The van der Waals surface area contributed by atoms with Crippen LogP contribution in [0.1, 0.15) is 20.8 Å². The van der Waals surface area contributed by atoms with E-state index in [0.717, 1.165) is 4.90 Å². The third kappa shape index (κ3) is 5.49. The first-order chi connectivity index (χ1) is 6.65. The molecule has 0 N–H and O–H groups in total. The van der Waals surface area contributed by atoms with Crippen LogP contribution in [0.5, 0.6) is 0 Å². The highest BCUT2D eigenvalue weighted by Gasteiger charge is 2.31. The highest BCUT2D eigenvalue weighted by atomic mass is 19.4. The lowest BCUT2D eigenvalue weighted by atomic mass is 10.1. The summed E-state index contributed by atoms with van der Waals surface area (Å²) in [6.45, 7) is 3.96. The zero-order chi connectivity index (χ0) is 12.2. The molecule has 1 atom stereocenters. The van der Waals surface area contributed by atoms with Crippen LogP contribution in [0.3, 0.4) is 0 Å². The van der Waals surface area contributed by atoms with Crippen molar-refractivity contribution in [3.8, 4) is 0 Å². The summed E-state index contributed by atoms with van der Waals surface area (Å²) in [5.41, 5.74) is 0. The van der Waals surface area contributed by atoms with E-state index in [-0.39, 0.29) is 12.0 Å². The Bertz CT molecular complexity index is 216. The Morgan fingerprint density at radius 2 is 1.80 bits per heavy atom. The number of carbonyl (C=O) groups excluding carboxylic acids is 1. The molecule has 1 amide bonds. The number of ether oxygens (including phenoxy) is 1. The predicted octanol–water partition coefficient (Wildman–Crippen LogP) is 2.66. The summed E-state index contributed by atoms with van der Waals surface area (Å²) in [5, 5.41) is 0. The van der Waals surface area contributed by atoms with Crippen LogP contribution in [0.4, 0.5) is 18.0 Å². The van der Waals surface area contributed by atoms with E-state index in [1.807, 2.05) is 13.8 Å². The molecule has 90 valence electrons. The first-order valence-corrected chi connectivity index (χ1v) is 4.61. The van der Waals surface area contributed by atoms with Crippen molar-refractivity contribution < 1.29 is 22.7 Å². The van der Waals surface area contributed by atoms with E-state index >= 15 is 0 Å². The van der Waals surface area contributed by atoms with Crippen molar-refractivity contribution in [3.63, 3.8) is 0 Å². The van der Waals surface area contributed by atoms with Crippen LogP contribution in [0, 0.1) is 5.92 Å². The van der Waals surface area contributed by atoms with Gasteiger partial charge in [0.1, 0.15) is 0 Å². The van der Waals surface area contributed by atoms with E-state index < -0.39 is 18.9 Å². The number of nitrogens with zero attached hydrogens (tertiary/aromatic N) is 1. The summed E-state index contributed by atoms with van der Waals surface area (Å²) >= 11 is 0. The van der Waals surface area contributed by atoms with Gasteiger partial charge in [0.25, 0.3) is 0 Å². The zero-order valence-electron chi connectivity index (χ0n) is 9.26. The van der Waals surface area contributed by atoms with Crippen molar-refractivity contribution in [2.45, 2.75) is 33.0 Å². The summed E-state index contributed by atoms with van der Waals surface area (Å²) in [7, 11) is 1.42. The lowest BCUT2D eigenvalue weighted by Gasteiger charge is -2.27. The topological polar surface area (TPSA) is 29.5 Å². The Morgan fingerprint density at radius 3 is 2.13 bits per heavy atom.